The van der Waals surface area contributed by atoms with Crippen LogP contribution in [0.15, 0.2) is 0 Å². The Morgan fingerprint density at radius 3 is 2.33 bits per heavy atom. The molecule has 6 heavy (non-hydrogen) atoms. The van der Waals surface area contributed by atoms with E-state index >= 15 is 0 Å². The van der Waals surface area contributed by atoms with Gasteiger partial charge in [0.15, 0.2) is 1.12 Å². The summed E-state index contributed by atoms with van der Waals surface area (Å²) in [4.78, 5) is 0. The van der Waals surface area contributed by atoms with Crippen LogP contribution in [0.3, 0.4) is 0 Å². The summed E-state index contributed by atoms with van der Waals surface area (Å²) in [5, 5.41) is 0. The lowest BCUT2D eigenvalue weighted by molar-refractivity contribution is 0.613. The van der Waals surface area contributed by atoms with Crippen molar-refractivity contribution in [2.75, 3.05) is 5.75 Å². The number of hydrogen-bond donors (Lipinski definition) is 1. The SMILES string of the molecule is [2H]S(=O)(=O)CCC. The van der Waals surface area contributed by atoms with Gasteiger partial charge in [-0.1, -0.05) is 6.92 Å². The van der Waals surface area contributed by atoms with Crippen molar-refractivity contribution in [2.45, 2.75) is 13.3 Å². The molecule has 0 spiro atoms. The molecule has 0 atom stereocenters. The van der Waals surface area contributed by atoms with Gasteiger partial charge in [0, 0.05) is 5.75 Å². The van der Waals surface area contributed by atoms with Gasteiger partial charge < -0.3 is 0 Å². The van der Waals surface area contributed by atoms with E-state index in [9.17, 15) is 8.42 Å². The van der Waals surface area contributed by atoms with Gasteiger partial charge in [-0.3, -0.25) is 0 Å². The largest absolute Gasteiger partial charge is 0.232 e. The summed E-state index contributed by atoms with van der Waals surface area (Å²) in [6.07, 6.45) is 0.534. The fourth-order valence-corrected chi connectivity index (χ4v) is 0.500. The summed E-state index contributed by atoms with van der Waals surface area (Å²) in [5.74, 6) is -0.0208. The van der Waals surface area contributed by atoms with Crippen LogP contribution in [0.4, 0.5) is 0 Å². The molecule has 0 unspecified atom stereocenters. The van der Waals surface area contributed by atoms with E-state index in [0.717, 1.165) is 0 Å². The summed E-state index contributed by atoms with van der Waals surface area (Å²) in [5.41, 5.74) is 0. The predicted molar refractivity (Wildman–Crippen MR) is 25.5 cm³/mol. The van der Waals surface area contributed by atoms with E-state index in [1.807, 2.05) is 0 Å². The minimum absolute atomic E-state index is 0.0208. The first-order valence-corrected chi connectivity index (χ1v) is 3.07. The highest BCUT2D eigenvalue weighted by Crippen LogP contribution is 1.71. The molecule has 0 amide bonds. The minimum atomic E-state index is -3.42. The summed E-state index contributed by atoms with van der Waals surface area (Å²) in [6.45, 7) is 1.73. The van der Waals surface area contributed by atoms with Crippen LogP contribution >= 0.6 is 0 Å². The van der Waals surface area contributed by atoms with E-state index < -0.39 is 10.6 Å². The third-order valence-corrected chi connectivity index (χ3v) is 1.11. The summed E-state index contributed by atoms with van der Waals surface area (Å²) < 4.78 is 26.1. The molecule has 3 heteroatoms. The molecule has 0 saturated carbocycles. The van der Waals surface area contributed by atoms with E-state index in [1.165, 1.54) is 0 Å². The van der Waals surface area contributed by atoms with Crippen LogP contribution in [0, 0.1) is 0 Å². The minimum Gasteiger partial charge on any atom is -0.232 e. The van der Waals surface area contributed by atoms with Crippen molar-refractivity contribution in [1.29, 1.82) is 1.12 Å². The van der Waals surface area contributed by atoms with Crippen molar-refractivity contribution in [3.63, 3.8) is 0 Å². The molecular formula is C3H8O2S. The Hall–Kier alpha value is -0.0500. The first-order chi connectivity index (χ1) is 3.06. The molecule has 0 rings (SSSR count). The fraction of sp³-hybridized carbons (Fsp3) is 1.00. The lowest BCUT2D eigenvalue weighted by Gasteiger charge is -1.72. The van der Waals surface area contributed by atoms with Crippen molar-refractivity contribution >= 4 is 10.6 Å². The van der Waals surface area contributed by atoms with Crippen molar-refractivity contribution in [1.82, 2.24) is 0 Å². The molecule has 0 aromatic heterocycles. The van der Waals surface area contributed by atoms with Gasteiger partial charge in [-0.25, -0.2) is 8.42 Å². The third kappa shape index (κ3) is 3.95. The molecule has 2 nitrogen and oxygen atoms in total. The van der Waals surface area contributed by atoms with Crippen molar-refractivity contribution < 1.29 is 8.42 Å². The van der Waals surface area contributed by atoms with Crippen LogP contribution in [0.1, 0.15) is 13.3 Å². The summed E-state index contributed by atoms with van der Waals surface area (Å²) in [6, 6.07) is 0. The van der Waals surface area contributed by atoms with E-state index in [-0.39, 0.29) is 5.75 Å². The molecule has 0 heterocycles. The molecule has 0 radical (unpaired) electrons. The van der Waals surface area contributed by atoms with Crippen LogP contribution in [-0.4, -0.2) is 15.3 Å². The molecule has 0 aliphatic heterocycles. The second-order valence-corrected chi connectivity index (χ2v) is 2.02. The number of rotatable bonds is 2. The Morgan fingerprint density at radius 2 is 2.33 bits per heavy atom. The predicted octanol–water partition coefficient (Wildman–Crippen LogP) is 0.00780. The Bertz CT molecular complexity index is 126. The van der Waals surface area contributed by atoms with Gasteiger partial charge in [0.25, 0.3) is 0 Å². The monoisotopic (exact) mass is 109 g/mol. The van der Waals surface area contributed by atoms with E-state index in [4.69, 9.17) is 1.12 Å². The zero-order chi connectivity index (χ0) is 5.91. The lowest BCUT2D eigenvalue weighted by Crippen LogP contribution is -1.80. The normalized spacial score (nSPS) is 13.8. The molecule has 0 fully saturated rings. The van der Waals surface area contributed by atoms with Crippen LogP contribution < -0.4 is 0 Å². The van der Waals surface area contributed by atoms with Gasteiger partial charge in [0.1, 0.15) is 10.6 Å². The van der Waals surface area contributed by atoms with Gasteiger partial charge in [0.2, 0.25) is 0 Å². The number of thiol groups is 1. The smallest absolute Gasteiger partial charge is 0.174 e. The highest BCUT2D eigenvalue weighted by atomic mass is 32.2. The quantitative estimate of drug-likeness (QED) is 0.507. The first kappa shape index (κ1) is 4.12. The lowest BCUT2D eigenvalue weighted by atomic mass is 10.6. The van der Waals surface area contributed by atoms with Gasteiger partial charge in [-0.05, 0) is 6.42 Å². The topological polar surface area (TPSA) is 34.1 Å². The van der Waals surface area contributed by atoms with Crippen molar-refractivity contribution in [3.8, 4) is 0 Å². The van der Waals surface area contributed by atoms with Crippen LogP contribution in [0.25, 0.3) is 0 Å². The van der Waals surface area contributed by atoms with Crippen LogP contribution in [0.5, 0.6) is 0 Å². The second-order valence-electron chi connectivity index (χ2n) is 1.01. The Morgan fingerprint density at radius 1 is 1.83 bits per heavy atom. The van der Waals surface area contributed by atoms with Crippen LogP contribution in [-0.2, 0) is 10.6 Å². The van der Waals surface area contributed by atoms with Crippen molar-refractivity contribution in [3.05, 3.63) is 0 Å². The molecule has 0 aromatic carbocycles. The van der Waals surface area contributed by atoms with E-state index in [2.05, 4.69) is 0 Å². The highest BCUT2D eigenvalue weighted by molar-refractivity contribution is 7.72. The first-order valence-electron chi connectivity index (χ1n) is 2.24. The van der Waals surface area contributed by atoms with Crippen LogP contribution in [0.2, 0.25) is 0 Å². The average molecular weight is 109 g/mol. The van der Waals surface area contributed by atoms with Gasteiger partial charge >= 0.3 is 0 Å². The zero-order valence-electron chi connectivity index (χ0n) is 4.64. The molecular weight excluding hydrogens is 100 g/mol. The van der Waals surface area contributed by atoms with Gasteiger partial charge in [-0.15, -0.1) is 0 Å². The average Bonchev–Trinajstić information content (AvgIpc) is 1.30. The molecule has 0 aliphatic rings. The molecule has 0 aliphatic carbocycles. The maximum Gasteiger partial charge on any atom is 0.174 e. The fourth-order valence-electron chi connectivity index (χ4n) is 0.167. The molecule has 38 valence electrons. The maximum atomic E-state index is 9.90. The van der Waals surface area contributed by atoms with Gasteiger partial charge in [-0.2, -0.15) is 0 Å². The molecule has 0 saturated heterocycles. The van der Waals surface area contributed by atoms with E-state index in [0.29, 0.717) is 6.42 Å². The maximum absolute atomic E-state index is 9.90. The summed E-state index contributed by atoms with van der Waals surface area (Å²) in [7, 11) is -3.42. The molecule has 0 bridgehead atoms. The third-order valence-electron chi connectivity index (χ3n) is 0.371. The van der Waals surface area contributed by atoms with E-state index in [1.54, 1.807) is 6.92 Å². The summed E-state index contributed by atoms with van der Waals surface area (Å²) >= 11 is 0. The highest BCUT2D eigenvalue weighted by Gasteiger charge is 1.75. The molecule has 0 aromatic rings. The number of hydrogen-bond acceptors (Lipinski definition) is 2. The van der Waals surface area contributed by atoms with Gasteiger partial charge in [0.05, 0.1) is 0 Å². The second kappa shape index (κ2) is 3.15. The Labute approximate surface area is 40.2 Å². The standard InChI is InChI=1S/C3H8O2S/c1-2-3-6(4)5/h6H,2-3H2,1H3/i6D. The Kier molecular flexibility index (Phi) is 2.16. The van der Waals surface area contributed by atoms with Crippen molar-refractivity contribution in [2.24, 2.45) is 0 Å². The molecule has 0 N–H and O–H groups in total. The Balaban J connectivity index is 3.60. The zero-order valence-corrected chi connectivity index (χ0v) is 4.46.